The molecule has 0 saturated carbocycles. The van der Waals surface area contributed by atoms with Crippen molar-refractivity contribution >= 4 is 34.9 Å². The summed E-state index contributed by atoms with van der Waals surface area (Å²) in [7, 11) is 1.31. The molecule has 1 fully saturated rings. The number of amides is 1. The highest BCUT2D eigenvalue weighted by molar-refractivity contribution is 5.98. The zero-order valence-electron chi connectivity index (χ0n) is 16.9. The van der Waals surface area contributed by atoms with Crippen LogP contribution in [0.25, 0.3) is 0 Å². The zero-order valence-corrected chi connectivity index (χ0v) is 16.9. The number of benzene rings is 1. The summed E-state index contributed by atoms with van der Waals surface area (Å²) in [6.45, 7) is 0.666. The fraction of sp³-hybridized carbons (Fsp3) is 0.333. The summed E-state index contributed by atoms with van der Waals surface area (Å²) in [5, 5.41) is 22.9. The molecule has 3 rings (SSSR count). The Hall–Kier alpha value is -4.36. The van der Waals surface area contributed by atoms with Crippen LogP contribution >= 0.6 is 0 Å². The number of hydrogen-bond acceptors (Lipinski definition) is 11. The van der Waals surface area contributed by atoms with Crippen LogP contribution in [-0.2, 0) is 9.53 Å². The number of nitrogens with one attached hydrogen (secondary N) is 2. The SMILES string of the molecule is COC(=O)C1CCN(c2ncnc(NNC(=O)c3ccccc3[N+](=O)[O-])c2[N+](=O)[O-])CC1. The Labute approximate surface area is 180 Å². The molecule has 1 saturated heterocycles. The number of esters is 1. The summed E-state index contributed by atoms with van der Waals surface area (Å²) < 4.78 is 4.74. The number of ether oxygens (including phenoxy) is 1. The van der Waals surface area contributed by atoms with E-state index in [-0.39, 0.29) is 29.1 Å². The van der Waals surface area contributed by atoms with E-state index in [1.54, 1.807) is 4.90 Å². The van der Waals surface area contributed by atoms with Crippen LogP contribution in [0.15, 0.2) is 30.6 Å². The largest absolute Gasteiger partial charge is 0.469 e. The first kappa shape index (κ1) is 22.3. The van der Waals surface area contributed by atoms with Crippen molar-refractivity contribution in [2.45, 2.75) is 12.8 Å². The molecular formula is C18H19N7O7. The van der Waals surface area contributed by atoms with E-state index in [9.17, 15) is 29.8 Å². The highest BCUT2D eigenvalue weighted by atomic mass is 16.6. The quantitative estimate of drug-likeness (QED) is 0.357. The van der Waals surface area contributed by atoms with Crippen LogP contribution in [0, 0.1) is 26.1 Å². The number of carbonyl (C=O) groups is 2. The molecule has 0 radical (unpaired) electrons. The number of methoxy groups -OCH3 is 1. The average Bonchev–Trinajstić information content (AvgIpc) is 2.81. The molecule has 2 N–H and O–H groups in total. The van der Waals surface area contributed by atoms with Crippen LogP contribution < -0.4 is 15.8 Å². The molecule has 0 bridgehead atoms. The van der Waals surface area contributed by atoms with Gasteiger partial charge < -0.3 is 9.64 Å². The zero-order chi connectivity index (χ0) is 23.3. The van der Waals surface area contributed by atoms with E-state index in [1.165, 1.54) is 25.3 Å². The number of hydrazine groups is 1. The summed E-state index contributed by atoms with van der Waals surface area (Å²) in [5.74, 6) is -1.76. The molecule has 14 nitrogen and oxygen atoms in total. The summed E-state index contributed by atoms with van der Waals surface area (Å²) in [5.41, 5.74) is 3.43. The topological polar surface area (TPSA) is 183 Å². The molecular weight excluding hydrogens is 426 g/mol. The van der Waals surface area contributed by atoms with E-state index in [0.717, 1.165) is 12.4 Å². The van der Waals surface area contributed by atoms with Gasteiger partial charge in [0, 0.05) is 19.2 Å². The lowest BCUT2D eigenvalue weighted by Gasteiger charge is -2.31. The lowest BCUT2D eigenvalue weighted by Crippen LogP contribution is -2.38. The van der Waals surface area contributed by atoms with Gasteiger partial charge in [-0.15, -0.1) is 0 Å². The van der Waals surface area contributed by atoms with Gasteiger partial charge in [0.1, 0.15) is 11.9 Å². The van der Waals surface area contributed by atoms with Crippen molar-refractivity contribution in [3.8, 4) is 0 Å². The Bertz CT molecular complexity index is 1050. The van der Waals surface area contributed by atoms with E-state index in [2.05, 4.69) is 20.8 Å². The second-order valence-electron chi connectivity index (χ2n) is 6.79. The predicted molar refractivity (Wildman–Crippen MR) is 110 cm³/mol. The van der Waals surface area contributed by atoms with Crippen LogP contribution in [0.1, 0.15) is 23.2 Å². The molecule has 2 aromatic rings. The minimum absolute atomic E-state index is 0.0238. The maximum Gasteiger partial charge on any atom is 0.355 e. The lowest BCUT2D eigenvalue weighted by molar-refractivity contribution is -0.385. The van der Waals surface area contributed by atoms with E-state index < -0.39 is 27.1 Å². The van der Waals surface area contributed by atoms with Crippen LogP contribution in [0.3, 0.4) is 0 Å². The number of nitrogens with zero attached hydrogens (tertiary/aromatic N) is 5. The van der Waals surface area contributed by atoms with Crippen LogP contribution in [0.4, 0.5) is 23.0 Å². The highest BCUT2D eigenvalue weighted by Crippen LogP contribution is 2.34. The van der Waals surface area contributed by atoms with Gasteiger partial charge in [-0.1, -0.05) is 12.1 Å². The number of para-hydroxylation sites is 1. The first-order valence-electron chi connectivity index (χ1n) is 9.45. The second kappa shape index (κ2) is 9.63. The maximum atomic E-state index is 12.4. The number of aromatic nitrogens is 2. The van der Waals surface area contributed by atoms with Crippen molar-refractivity contribution in [2.75, 3.05) is 30.5 Å². The first-order valence-corrected chi connectivity index (χ1v) is 9.45. The minimum Gasteiger partial charge on any atom is -0.469 e. The average molecular weight is 445 g/mol. The molecule has 2 heterocycles. The third-order valence-corrected chi connectivity index (χ3v) is 4.95. The Morgan fingerprint density at radius 2 is 1.81 bits per heavy atom. The Balaban J connectivity index is 1.79. The summed E-state index contributed by atoms with van der Waals surface area (Å²) >= 11 is 0. The molecule has 0 atom stereocenters. The van der Waals surface area contributed by atoms with Gasteiger partial charge >= 0.3 is 11.7 Å². The van der Waals surface area contributed by atoms with E-state index >= 15 is 0 Å². The fourth-order valence-electron chi connectivity index (χ4n) is 3.36. The molecule has 14 heteroatoms. The monoisotopic (exact) mass is 445 g/mol. The molecule has 32 heavy (non-hydrogen) atoms. The molecule has 1 aliphatic rings. The van der Waals surface area contributed by atoms with Gasteiger partial charge in [0.25, 0.3) is 11.6 Å². The van der Waals surface area contributed by atoms with Crippen LogP contribution in [0.5, 0.6) is 0 Å². The van der Waals surface area contributed by atoms with Gasteiger partial charge in [-0.2, -0.15) is 0 Å². The summed E-state index contributed by atoms with van der Waals surface area (Å²) in [6, 6.07) is 5.27. The Kier molecular flexibility index (Phi) is 6.72. The Morgan fingerprint density at radius 1 is 1.12 bits per heavy atom. The van der Waals surface area contributed by atoms with Crippen molar-refractivity contribution in [1.82, 2.24) is 15.4 Å². The van der Waals surface area contributed by atoms with Gasteiger partial charge in [-0.25, -0.2) is 9.97 Å². The smallest absolute Gasteiger partial charge is 0.355 e. The second-order valence-corrected chi connectivity index (χ2v) is 6.79. The molecule has 168 valence electrons. The number of piperidine rings is 1. The number of carbonyl (C=O) groups excluding carboxylic acids is 2. The number of nitro groups is 2. The molecule has 0 unspecified atom stereocenters. The Morgan fingerprint density at radius 3 is 2.44 bits per heavy atom. The lowest BCUT2D eigenvalue weighted by atomic mass is 9.97. The number of anilines is 2. The number of hydrogen-bond donors (Lipinski definition) is 2. The third-order valence-electron chi connectivity index (χ3n) is 4.95. The van der Waals surface area contributed by atoms with Crippen LogP contribution in [0.2, 0.25) is 0 Å². The van der Waals surface area contributed by atoms with Crippen molar-refractivity contribution in [3.63, 3.8) is 0 Å². The van der Waals surface area contributed by atoms with E-state index in [1.807, 2.05) is 0 Å². The third kappa shape index (κ3) is 4.69. The van der Waals surface area contributed by atoms with Gasteiger partial charge in [0.15, 0.2) is 0 Å². The maximum absolute atomic E-state index is 12.4. The standard InChI is InChI=1S/C18H19N7O7/c1-32-18(27)11-6-8-23(9-7-11)16-14(25(30)31)15(19-10-20-16)21-22-17(26)12-4-2-3-5-13(12)24(28)29/h2-5,10-11H,6-9H2,1H3,(H,22,26)(H,19,20,21). The fourth-order valence-corrected chi connectivity index (χ4v) is 3.36. The van der Waals surface area contributed by atoms with Crippen molar-refractivity contribution in [2.24, 2.45) is 5.92 Å². The predicted octanol–water partition coefficient (Wildman–Crippen LogP) is 1.44. The molecule has 1 amide bonds. The van der Waals surface area contributed by atoms with Gasteiger partial charge in [0.05, 0.1) is 22.9 Å². The van der Waals surface area contributed by atoms with Crippen molar-refractivity contribution in [3.05, 3.63) is 56.4 Å². The molecule has 1 aromatic heterocycles. The minimum atomic E-state index is -0.870. The van der Waals surface area contributed by atoms with Crippen molar-refractivity contribution < 1.29 is 24.2 Å². The molecule has 1 aromatic carbocycles. The number of nitro benzene ring substituents is 1. The summed E-state index contributed by atoms with van der Waals surface area (Å²) in [6.07, 6.45) is 1.96. The van der Waals surface area contributed by atoms with Gasteiger partial charge in [-0.3, -0.25) is 40.7 Å². The molecule has 0 aliphatic carbocycles. The number of rotatable bonds is 7. The highest BCUT2D eigenvalue weighted by Gasteiger charge is 2.32. The molecule has 0 spiro atoms. The van der Waals surface area contributed by atoms with Crippen molar-refractivity contribution in [1.29, 1.82) is 0 Å². The van der Waals surface area contributed by atoms with E-state index in [4.69, 9.17) is 4.74 Å². The van der Waals surface area contributed by atoms with Crippen LogP contribution in [-0.4, -0.2) is 51.9 Å². The first-order chi connectivity index (χ1) is 15.3. The van der Waals surface area contributed by atoms with Gasteiger partial charge in [0.2, 0.25) is 11.6 Å². The van der Waals surface area contributed by atoms with Gasteiger partial charge in [-0.05, 0) is 18.9 Å². The normalized spacial score (nSPS) is 13.8. The van der Waals surface area contributed by atoms with E-state index in [0.29, 0.717) is 25.9 Å². The summed E-state index contributed by atoms with van der Waals surface area (Å²) in [4.78, 5) is 55.0. The molecule has 1 aliphatic heterocycles.